The van der Waals surface area contributed by atoms with Gasteiger partial charge < -0.3 is 5.11 Å². The number of hydrogen-bond acceptors (Lipinski definition) is 3. The molecule has 0 amide bonds. The Hall–Kier alpha value is -2.36. The molecule has 0 saturated carbocycles. The van der Waals surface area contributed by atoms with E-state index >= 15 is 0 Å². The number of benzene rings is 3. The van der Waals surface area contributed by atoms with Gasteiger partial charge in [-0.2, -0.15) is 0 Å². The smallest absolute Gasteiger partial charge is 0.199 e. The highest BCUT2D eigenvalue weighted by Crippen LogP contribution is 2.35. The monoisotopic (exact) mass is 348 g/mol. The molecule has 0 aliphatic rings. The van der Waals surface area contributed by atoms with Crippen LogP contribution in [0.2, 0.25) is 0 Å². The fourth-order valence-corrected chi connectivity index (χ4v) is 3.71. The van der Waals surface area contributed by atoms with Gasteiger partial charge in [-0.1, -0.05) is 103 Å². The number of aliphatic hydroxyl groups is 1. The summed E-state index contributed by atoms with van der Waals surface area (Å²) in [6.07, 6.45) is -0.862. The van der Waals surface area contributed by atoms with E-state index in [2.05, 4.69) is 0 Å². The van der Waals surface area contributed by atoms with Gasteiger partial charge in [0, 0.05) is 5.75 Å². The van der Waals surface area contributed by atoms with Crippen LogP contribution in [0.1, 0.15) is 28.7 Å². The number of rotatable bonds is 6. The summed E-state index contributed by atoms with van der Waals surface area (Å²) in [5, 5.41) is 10.8. The predicted molar refractivity (Wildman–Crippen MR) is 103 cm³/mol. The van der Waals surface area contributed by atoms with Crippen molar-refractivity contribution in [3.05, 3.63) is 108 Å². The van der Waals surface area contributed by atoms with Crippen LogP contribution in [0.4, 0.5) is 0 Å². The molecule has 3 aromatic rings. The Morgan fingerprint density at radius 3 is 1.80 bits per heavy atom. The molecule has 25 heavy (non-hydrogen) atoms. The number of hydrogen-bond donors (Lipinski definition) is 1. The minimum absolute atomic E-state index is 0.0218. The molecular weight excluding hydrogens is 328 g/mol. The van der Waals surface area contributed by atoms with Gasteiger partial charge in [0.2, 0.25) is 0 Å². The van der Waals surface area contributed by atoms with Crippen LogP contribution in [0.3, 0.4) is 0 Å². The van der Waals surface area contributed by atoms with E-state index in [0.717, 1.165) is 16.7 Å². The summed E-state index contributed by atoms with van der Waals surface area (Å²) in [5.41, 5.74) is 2.69. The Labute approximate surface area is 152 Å². The van der Waals surface area contributed by atoms with Crippen molar-refractivity contribution in [2.24, 2.45) is 0 Å². The molecule has 3 heteroatoms. The van der Waals surface area contributed by atoms with Crippen molar-refractivity contribution in [1.29, 1.82) is 0 Å². The quantitative estimate of drug-likeness (QED) is 0.684. The topological polar surface area (TPSA) is 37.3 Å². The van der Waals surface area contributed by atoms with Crippen LogP contribution in [0.15, 0.2) is 91.0 Å². The first-order chi connectivity index (χ1) is 12.3. The Morgan fingerprint density at radius 2 is 1.24 bits per heavy atom. The second-order valence-corrected chi connectivity index (χ2v) is 6.82. The van der Waals surface area contributed by atoms with Gasteiger partial charge in [0.15, 0.2) is 5.12 Å². The molecule has 0 bridgehead atoms. The third-order valence-electron chi connectivity index (χ3n) is 4.09. The van der Waals surface area contributed by atoms with Crippen molar-refractivity contribution in [3.63, 3.8) is 0 Å². The van der Waals surface area contributed by atoms with Crippen LogP contribution in [-0.2, 0) is 10.5 Å². The van der Waals surface area contributed by atoms with Crippen LogP contribution in [-0.4, -0.2) is 10.2 Å². The molecule has 0 radical (unpaired) electrons. The number of thioether (sulfide) groups is 1. The molecule has 2 atom stereocenters. The molecule has 0 aliphatic heterocycles. The van der Waals surface area contributed by atoms with E-state index in [0.29, 0.717) is 5.75 Å². The third kappa shape index (κ3) is 4.59. The SMILES string of the molecule is O=C(SCc1ccccc1)[C@H](c1ccccc1)[C@@H](O)c1ccccc1. The van der Waals surface area contributed by atoms with E-state index < -0.39 is 12.0 Å². The fourth-order valence-electron chi connectivity index (χ4n) is 2.77. The summed E-state index contributed by atoms with van der Waals surface area (Å²) < 4.78 is 0. The van der Waals surface area contributed by atoms with Crippen LogP contribution in [0.5, 0.6) is 0 Å². The lowest BCUT2D eigenvalue weighted by Crippen LogP contribution is -2.18. The highest BCUT2D eigenvalue weighted by Gasteiger charge is 2.29. The maximum Gasteiger partial charge on any atom is 0.199 e. The average molecular weight is 348 g/mol. The Morgan fingerprint density at radius 1 is 0.760 bits per heavy atom. The second-order valence-electron chi connectivity index (χ2n) is 5.84. The highest BCUT2D eigenvalue weighted by atomic mass is 32.2. The van der Waals surface area contributed by atoms with Crippen LogP contribution in [0, 0.1) is 0 Å². The standard InChI is InChI=1S/C22H20O2S/c23-21(19-14-8-3-9-15-19)20(18-12-6-2-7-13-18)22(24)25-16-17-10-4-1-5-11-17/h1-15,20-21,23H,16H2/t20-,21+/m1/s1. The second kappa shape index (κ2) is 8.65. The first kappa shape index (κ1) is 17.5. The van der Waals surface area contributed by atoms with Crippen molar-refractivity contribution in [3.8, 4) is 0 Å². The van der Waals surface area contributed by atoms with Crippen molar-refractivity contribution in [2.75, 3.05) is 0 Å². The summed E-state index contributed by atoms with van der Waals surface area (Å²) in [6.45, 7) is 0. The van der Waals surface area contributed by atoms with Gasteiger partial charge in [-0.05, 0) is 16.7 Å². The zero-order chi connectivity index (χ0) is 17.5. The maximum absolute atomic E-state index is 12.9. The zero-order valence-electron chi connectivity index (χ0n) is 13.8. The highest BCUT2D eigenvalue weighted by molar-refractivity contribution is 8.13. The van der Waals surface area contributed by atoms with Crippen molar-refractivity contribution < 1.29 is 9.90 Å². The van der Waals surface area contributed by atoms with Gasteiger partial charge in [0.1, 0.15) is 0 Å². The van der Waals surface area contributed by atoms with Crippen molar-refractivity contribution in [1.82, 2.24) is 0 Å². The van der Waals surface area contributed by atoms with E-state index in [1.165, 1.54) is 11.8 Å². The van der Waals surface area contributed by atoms with Gasteiger partial charge in [-0.15, -0.1) is 0 Å². The largest absolute Gasteiger partial charge is 0.387 e. The van der Waals surface area contributed by atoms with E-state index in [1.807, 2.05) is 91.0 Å². The number of carbonyl (C=O) groups excluding carboxylic acids is 1. The zero-order valence-corrected chi connectivity index (χ0v) is 14.6. The Kier molecular flexibility index (Phi) is 6.04. The van der Waals surface area contributed by atoms with Gasteiger partial charge in [-0.3, -0.25) is 4.79 Å². The molecule has 0 unspecified atom stereocenters. The summed E-state index contributed by atoms with van der Waals surface area (Å²) in [5.74, 6) is 0.0159. The molecule has 0 fully saturated rings. The molecule has 0 saturated heterocycles. The first-order valence-electron chi connectivity index (χ1n) is 8.24. The Balaban J connectivity index is 1.82. The van der Waals surface area contributed by atoms with Gasteiger partial charge in [-0.25, -0.2) is 0 Å². The van der Waals surface area contributed by atoms with Crippen LogP contribution >= 0.6 is 11.8 Å². The minimum atomic E-state index is -0.862. The van der Waals surface area contributed by atoms with Crippen LogP contribution in [0.25, 0.3) is 0 Å². The van der Waals surface area contributed by atoms with Crippen molar-refractivity contribution >= 4 is 16.9 Å². The first-order valence-corrected chi connectivity index (χ1v) is 9.23. The van der Waals surface area contributed by atoms with Crippen molar-refractivity contribution in [2.45, 2.75) is 17.8 Å². The molecule has 0 aromatic heterocycles. The van der Waals surface area contributed by atoms with Crippen LogP contribution < -0.4 is 0 Å². The molecular formula is C22H20O2S. The lowest BCUT2D eigenvalue weighted by atomic mass is 9.90. The minimum Gasteiger partial charge on any atom is -0.387 e. The molecule has 3 rings (SSSR count). The average Bonchev–Trinajstić information content (AvgIpc) is 2.69. The van der Waals surface area contributed by atoms with Gasteiger partial charge >= 0.3 is 0 Å². The van der Waals surface area contributed by atoms with Gasteiger partial charge in [0.25, 0.3) is 0 Å². The van der Waals surface area contributed by atoms with E-state index in [1.54, 1.807) is 0 Å². The third-order valence-corrected chi connectivity index (χ3v) is 5.11. The molecule has 2 nitrogen and oxygen atoms in total. The normalized spacial score (nSPS) is 13.2. The van der Waals surface area contributed by atoms with E-state index in [-0.39, 0.29) is 5.12 Å². The summed E-state index contributed by atoms with van der Waals surface area (Å²) >= 11 is 1.26. The maximum atomic E-state index is 12.9. The molecule has 3 aromatic carbocycles. The fraction of sp³-hybridized carbons (Fsp3) is 0.136. The summed E-state index contributed by atoms with van der Waals surface area (Å²) in [4.78, 5) is 12.9. The summed E-state index contributed by atoms with van der Waals surface area (Å²) in [6, 6.07) is 28.8. The van der Waals surface area contributed by atoms with Gasteiger partial charge in [0.05, 0.1) is 12.0 Å². The lowest BCUT2D eigenvalue weighted by Gasteiger charge is -2.22. The van der Waals surface area contributed by atoms with E-state index in [9.17, 15) is 9.90 Å². The Bertz CT molecular complexity index is 788. The summed E-state index contributed by atoms with van der Waals surface area (Å²) in [7, 11) is 0. The predicted octanol–water partition coefficient (Wildman–Crippen LogP) is 4.96. The number of aliphatic hydroxyl groups excluding tert-OH is 1. The molecule has 0 aliphatic carbocycles. The molecule has 1 N–H and O–H groups in total. The number of carbonyl (C=O) groups is 1. The lowest BCUT2D eigenvalue weighted by molar-refractivity contribution is -0.114. The molecule has 126 valence electrons. The molecule has 0 spiro atoms. The van der Waals surface area contributed by atoms with E-state index in [4.69, 9.17) is 0 Å². The molecule has 0 heterocycles.